The smallest absolute Gasteiger partial charge is 0.191 e. The van der Waals surface area contributed by atoms with Gasteiger partial charge in [0.1, 0.15) is 0 Å². The van der Waals surface area contributed by atoms with Crippen LogP contribution >= 0.6 is 0 Å². The normalized spacial score (nSPS) is 11.0. The summed E-state index contributed by atoms with van der Waals surface area (Å²) >= 11 is 0. The van der Waals surface area contributed by atoms with Crippen LogP contribution in [0, 0.1) is 11.3 Å². The maximum Gasteiger partial charge on any atom is 0.191 e. The summed E-state index contributed by atoms with van der Waals surface area (Å²) in [5, 5.41) is 15.4. The third-order valence-corrected chi connectivity index (χ3v) is 2.78. The predicted molar refractivity (Wildman–Crippen MR) is 85.1 cm³/mol. The molecule has 114 valence electrons. The number of nitrogens with one attached hydrogen (secondary N) is 2. The number of guanidine groups is 1. The van der Waals surface area contributed by atoms with Crippen molar-refractivity contribution in [3.8, 4) is 6.07 Å². The molecule has 0 fully saturated rings. The van der Waals surface area contributed by atoms with Crippen LogP contribution in [0.1, 0.15) is 31.4 Å². The highest BCUT2D eigenvalue weighted by Crippen LogP contribution is 2.05. The van der Waals surface area contributed by atoms with Crippen molar-refractivity contribution < 1.29 is 4.74 Å². The Balaban J connectivity index is 2.48. The minimum absolute atomic E-state index is 0.552. The molecule has 0 unspecified atom stereocenters. The number of hydrogen-bond acceptors (Lipinski definition) is 3. The SMILES string of the molecule is CCNC(=NCc1cccc(C#N)c1)NCCCOCC. The molecule has 0 aromatic heterocycles. The zero-order chi connectivity index (χ0) is 15.3. The average Bonchev–Trinajstić information content (AvgIpc) is 2.52. The monoisotopic (exact) mass is 288 g/mol. The summed E-state index contributed by atoms with van der Waals surface area (Å²) in [4.78, 5) is 4.52. The molecule has 0 bridgehead atoms. The van der Waals surface area contributed by atoms with Crippen molar-refractivity contribution in [1.82, 2.24) is 10.6 Å². The lowest BCUT2D eigenvalue weighted by atomic mass is 10.1. The molecular weight excluding hydrogens is 264 g/mol. The Bertz CT molecular complexity index is 479. The van der Waals surface area contributed by atoms with Gasteiger partial charge in [0.05, 0.1) is 18.2 Å². The van der Waals surface area contributed by atoms with E-state index in [1.54, 1.807) is 6.07 Å². The first-order chi connectivity index (χ1) is 10.3. The quantitative estimate of drug-likeness (QED) is 0.436. The maximum absolute atomic E-state index is 8.89. The Morgan fingerprint density at radius 3 is 2.90 bits per heavy atom. The molecule has 0 heterocycles. The van der Waals surface area contributed by atoms with Gasteiger partial charge in [-0.2, -0.15) is 5.26 Å². The average molecular weight is 288 g/mol. The predicted octanol–water partition coefficient (Wildman–Crippen LogP) is 2.04. The number of ether oxygens (including phenoxy) is 1. The number of nitrogens with zero attached hydrogens (tertiary/aromatic N) is 2. The summed E-state index contributed by atoms with van der Waals surface area (Å²) in [6, 6.07) is 9.66. The molecule has 0 atom stereocenters. The topological polar surface area (TPSA) is 69.4 Å². The van der Waals surface area contributed by atoms with E-state index in [1.165, 1.54) is 0 Å². The fraction of sp³-hybridized carbons (Fsp3) is 0.500. The van der Waals surface area contributed by atoms with E-state index in [4.69, 9.17) is 10.00 Å². The number of rotatable bonds is 8. The van der Waals surface area contributed by atoms with Gasteiger partial charge < -0.3 is 15.4 Å². The van der Waals surface area contributed by atoms with Gasteiger partial charge in [0.2, 0.25) is 0 Å². The lowest BCUT2D eigenvalue weighted by Crippen LogP contribution is -2.38. The molecule has 1 aromatic rings. The molecule has 5 heteroatoms. The van der Waals surface area contributed by atoms with Crippen molar-refractivity contribution in [3.63, 3.8) is 0 Å². The van der Waals surface area contributed by atoms with Gasteiger partial charge in [-0.25, -0.2) is 4.99 Å². The summed E-state index contributed by atoms with van der Waals surface area (Å²) in [6.07, 6.45) is 0.947. The van der Waals surface area contributed by atoms with Crippen molar-refractivity contribution in [2.24, 2.45) is 4.99 Å². The third-order valence-electron chi connectivity index (χ3n) is 2.78. The zero-order valence-electron chi connectivity index (χ0n) is 12.9. The Morgan fingerprint density at radius 1 is 1.33 bits per heavy atom. The second-order valence-electron chi connectivity index (χ2n) is 4.48. The second-order valence-corrected chi connectivity index (χ2v) is 4.48. The van der Waals surface area contributed by atoms with Gasteiger partial charge >= 0.3 is 0 Å². The third kappa shape index (κ3) is 7.33. The molecule has 1 aromatic carbocycles. The van der Waals surface area contributed by atoms with Gasteiger partial charge in [0.25, 0.3) is 0 Å². The molecule has 21 heavy (non-hydrogen) atoms. The van der Waals surface area contributed by atoms with Crippen molar-refractivity contribution in [2.45, 2.75) is 26.8 Å². The summed E-state index contributed by atoms with van der Waals surface area (Å²) < 4.78 is 5.30. The first kappa shape index (κ1) is 17.0. The highest BCUT2D eigenvalue weighted by molar-refractivity contribution is 5.79. The van der Waals surface area contributed by atoms with Crippen LogP contribution in [-0.4, -0.2) is 32.3 Å². The minimum atomic E-state index is 0.552. The molecule has 0 radical (unpaired) electrons. The van der Waals surface area contributed by atoms with Crippen LogP contribution in [0.4, 0.5) is 0 Å². The van der Waals surface area contributed by atoms with Crippen LogP contribution in [-0.2, 0) is 11.3 Å². The molecule has 0 spiro atoms. The summed E-state index contributed by atoms with van der Waals surface area (Å²) in [6.45, 7) is 7.73. The Morgan fingerprint density at radius 2 is 2.19 bits per heavy atom. The number of benzene rings is 1. The molecule has 1 rings (SSSR count). The Kier molecular flexibility index (Phi) is 8.65. The molecular formula is C16H24N4O. The van der Waals surface area contributed by atoms with Gasteiger partial charge in [0.15, 0.2) is 5.96 Å². The minimum Gasteiger partial charge on any atom is -0.382 e. The van der Waals surface area contributed by atoms with E-state index >= 15 is 0 Å². The lowest BCUT2D eigenvalue weighted by molar-refractivity contribution is 0.145. The summed E-state index contributed by atoms with van der Waals surface area (Å²) in [5.41, 5.74) is 1.69. The maximum atomic E-state index is 8.89. The van der Waals surface area contributed by atoms with Gasteiger partial charge in [-0.15, -0.1) is 0 Å². The van der Waals surface area contributed by atoms with E-state index in [0.717, 1.165) is 44.2 Å². The van der Waals surface area contributed by atoms with E-state index in [2.05, 4.69) is 21.7 Å². The zero-order valence-corrected chi connectivity index (χ0v) is 12.9. The van der Waals surface area contributed by atoms with Crippen LogP contribution in [0.15, 0.2) is 29.3 Å². The molecule has 0 amide bonds. The second kappa shape index (κ2) is 10.7. The molecule has 5 nitrogen and oxygen atoms in total. The molecule has 0 saturated heterocycles. The summed E-state index contributed by atoms with van der Waals surface area (Å²) in [7, 11) is 0. The van der Waals surface area contributed by atoms with Gasteiger partial charge in [-0.3, -0.25) is 0 Å². The lowest BCUT2D eigenvalue weighted by Gasteiger charge is -2.11. The highest BCUT2D eigenvalue weighted by atomic mass is 16.5. The van der Waals surface area contributed by atoms with E-state index < -0.39 is 0 Å². The van der Waals surface area contributed by atoms with Crippen LogP contribution in [0.3, 0.4) is 0 Å². The summed E-state index contributed by atoms with van der Waals surface area (Å²) in [5.74, 6) is 0.788. The molecule has 2 N–H and O–H groups in total. The molecule has 0 saturated carbocycles. The van der Waals surface area contributed by atoms with Gasteiger partial charge in [0, 0.05) is 26.3 Å². The van der Waals surface area contributed by atoms with E-state index in [1.807, 2.05) is 32.0 Å². The Labute approximate surface area is 127 Å². The molecule has 0 aliphatic heterocycles. The van der Waals surface area contributed by atoms with Crippen LogP contribution < -0.4 is 10.6 Å². The van der Waals surface area contributed by atoms with E-state index in [9.17, 15) is 0 Å². The number of hydrogen-bond donors (Lipinski definition) is 2. The Hall–Kier alpha value is -2.06. The highest BCUT2D eigenvalue weighted by Gasteiger charge is 1.98. The first-order valence-corrected chi connectivity index (χ1v) is 7.39. The molecule has 0 aliphatic carbocycles. The van der Waals surface area contributed by atoms with Crippen molar-refractivity contribution in [1.29, 1.82) is 5.26 Å². The van der Waals surface area contributed by atoms with E-state index in [0.29, 0.717) is 12.1 Å². The standard InChI is InChI=1S/C16H24N4O/c1-3-18-16(19-9-6-10-21-4-2)20-13-15-8-5-7-14(11-15)12-17/h5,7-8,11H,3-4,6,9-10,13H2,1-2H3,(H2,18,19,20). The number of nitriles is 1. The van der Waals surface area contributed by atoms with E-state index in [-0.39, 0.29) is 0 Å². The van der Waals surface area contributed by atoms with Gasteiger partial charge in [-0.05, 0) is 38.0 Å². The van der Waals surface area contributed by atoms with Crippen LogP contribution in [0.5, 0.6) is 0 Å². The largest absolute Gasteiger partial charge is 0.382 e. The first-order valence-electron chi connectivity index (χ1n) is 7.39. The fourth-order valence-corrected chi connectivity index (χ4v) is 1.78. The van der Waals surface area contributed by atoms with Crippen molar-refractivity contribution in [2.75, 3.05) is 26.3 Å². The van der Waals surface area contributed by atoms with Crippen molar-refractivity contribution in [3.05, 3.63) is 35.4 Å². The van der Waals surface area contributed by atoms with Crippen molar-refractivity contribution >= 4 is 5.96 Å². The van der Waals surface area contributed by atoms with Crippen LogP contribution in [0.25, 0.3) is 0 Å². The van der Waals surface area contributed by atoms with Gasteiger partial charge in [-0.1, -0.05) is 12.1 Å². The fourth-order valence-electron chi connectivity index (χ4n) is 1.78. The molecule has 0 aliphatic rings. The number of aliphatic imine (C=N–C) groups is 1. The van der Waals surface area contributed by atoms with Crippen LogP contribution in [0.2, 0.25) is 0 Å².